The summed E-state index contributed by atoms with van der Waals surface area (Å²) < 4.78 is 0. The fraction of sp³-hybridized carbons (Fsp3) is 0.333. The molecule has 0 bridgehead atoms. The molecule has 2 atom stereocenters. The second-order valence-corrected chi connectivity index (χ2v) is 4.43. The van der Waals surface area contributed by atoms with Gasteiger partial charge in [0.25, 0.3) is 0 Å². The summed E-state index contributed by atoms with van der Waals surface area (Å²) in [4.78, 5) is 1.12. The van der Waals surface area contributed by atoms with Crippen LogP contribution >= 0.6 is 11.8 Å². The Kier molecular flexibility index (Phi) is 7.15. The van der Waals surface area contributed by atoms with Crippen LogP contribution in [-0.4, -0.2) is 12.4 Å². The van der Waals surface area contributed by atoms with E-state index >= 15 is 0 Å². The minimum Gasteiger partial charge on any atom is -0.132 e. The van der Waals surface area contributed by atoms with Crippen molar-refractivity contribution >= 4 is 19.0 Å². The molecule has 0 spiro atoms. The zero-order chi connectivity index (χ0) is 11.0. The molecule has 14 heavy (non-hydrogen) atoms. The number of terminal acetylenes is 1. The smallest absolute Gasteiger partial charge is 0.132 e. The van der Waals surface area contributed by atoms with Crippen molar-refractivity contribution in [1.29, 1.82) is 0 Å². The standard InChI is InChI=1S/C12H16BS/c1-6-9-12(8-3)14-11(5)13-10(4)7-2/h2,6,8-11H,1,3H2,4-5H3/b12-9+. The molecule has 0 N–H and O–H groups in total. The largest absolute Gasteiger partial charge is 0.147 e. The van der Waals surface area contributed by atoms with Crippen molar-refractivity contribution in [2.24, 2.45) is 0 Å². The molecule has 0 aromatic heterocycles. The molecule has 0 aromatic carbocycles. The Morgan fingerprint density at radius 2 is 2.14 bits per heavy atom. The van der Waals surface area contributed by atoms with Gasteiger partial charge >= 0.3 is 0 Å². The van der Waals surface area contributed by atoms with Gasteiger partial charge in [-0.05, 0) is 17.0 Å². The summed E-state index contributed by atoms with van der Waals surface area (Å²) in [6.45, 7) is 11.5. The Hall–Kier alpha value is -0.805. The van der Waals surface area contributed by atoms with E-state index < -0.39 is 0 Å². The fourth-order valence-corrected chi connectivity index (χ4v) is 2.00. The predicted octanol–water partition coefficient (Wildman–Crippen LogP) is 3.47. The number of rotatable bonds is 6. The van der Waals surface area contributed by atoms with Crippen LogP contribution in [0.1, 0.15) is 13.8 Å². The van der Waals surface area contributed by atoms with Crippen molar-refractivity contribution in [2.45, 2.75) is 24.8 Å². The van der Waals surface area contributed by atoms with Gasteiger partial charge in [0.15, 0.2) is 0 Å². The first-order valence-electron chi connectivity index (χ1n) is 4.57. The summed E-state index contributed by atoms with van der Waals surface area (Å²) in [7, 11) is 2.14. The minimum atomic E-state index is 0.215. The van der Waals surface area contributed by atoms with Gasteiger partial charge in [-0.15, -0.1) is 24.1 Å². The third-order valence-corrected chi connectivity index (χ3v) is 2.73. The molecule has 0 aromatic rings. The van der Waals surface area contributed by atoms with Crippen molar-refractivity contribution < 1.29 is 0 Å². The van der Waals surface area contributed by atoms with E-state index in [1.54, 1.807) is 17.8 Å². The first-order chi connectivity index (χ1) is 6.63. The van der Waals surface area contributed by atoms with Crippen LogP contribution in [0.15, 0.2) is 36.3 Å². The highest BCUT2D eigenvalue weighted by Crippen LogP contribution is 2.23. The van der Waals surface area contributed by atoms with Crippen molar-refractivity contribution in [3.8, 4) is 12.3 Å². The summed E-state index contributed by atoms with van der Waals surface area (Å²) in [6, 6.07) is 0. The summed E-state index contributed by atoms with van der Waals surface area (Å²) in [5.74, 6) is 2.90. The lowest BCUT2D eigenvalue weighted by Gasteiger charge is -2.11. The molecule has 0 aliphatic heterocycles. The number of thioether (sulfide) groups is 1. The Balaban J connectivity index is 4.10. The van der Waals surface area contributed by atoms with Crippen LogP contribution < -0.4 is 0 Å². The maximum Gasteiger partial charge on any atom is 0.147 e. The molecule has 0 rings (SSSR count). The van der Waals surface area contributed by atoms with E-state index in [4.69, 9.17) is 6.42 Å². The zero-order valence-electron chi connectivity index (χ0n) is 8.86. The van der Waals surface area contributed by atoms with Gasteiger partial charge in [-0.1, -0.05) is 39.2 Å². The van der Waals surface area contributed by atoms with Crippen molar-refractivity contribution in [3.05, 3.63) is 36.3 Å². The van der Waals surface area contributed by atoms with E-state index in [9.17, 15) is 0 Å². The van der Waals surface area contributed by atoms with Crippen LogP contribution in [0.2, 0.25) is 5.82 Å². The summed E-state index contributed by atoms with van der Waals surface area (Å²) in [6.07, 6.45) is 10.8. The van der Waals surface area contributed by atoms with E-state index in [1.807, 2.05) is 19.1 Å². The van der Waals surface area contributed by atoms with E-state index in [1.165, 1.54) is 0 Å². The highest BCUT2D eigenvalue weighted by atomic mass is 32.2. The molecule has 0 heterocycles. The Morgan fingerprint density at radius 3 is 2.57 bits per heavy atom. The lowest BCUT2D eigenvalue weighted by Crippen LogP contribution is -2.11. The third kappa shape index (κ3) is 5.77. The Labute approximate surface area is 92.8 Å². The fourth-order valence-electron chi connectivity index (χ4n) is 0.988. The van der Waals surface area contributed by atoms with Crippen LogP contribution in [0.3, 0.4) is 0 Å². The topological polar surface area (TPSA) is 0 Å². The van der Waals surface area contributed by atoms with Gasteiger partial charge in [0.05, 0.1) is 0 Å². The summed E-state index contributed by atoms with van der Waals surface area (Å²) >= 11 is 1.73. The number of hydrogen-bond donors (Lipinski definition) is 0. The second kappa shape index (κ2) is 7.59. The van der Waals surface area contributed by atoms with Crippen LogP contribution in [0, 0.1) is 12.3 Å². The van der Waals surface area contributed by atoms with E-state index in [-0.39, 0.29) is 5.82 Å². The predicted molar refractivity (Wildman–Crippen MR) is 69.5 cm³/mol. The average Bonchev–Trinajstić information content (AvgIpc) is 2.16. The van der Waals surface area contributed by atoms with Crippen LogP contribution in [0.4, 0.5) is 0 Å². The molecule has 73 valence electrons. The number of hydrogen-bond acceptors (Lipinski definition) is 1. The van der Waals surface area contributed by atoms with Gasteiger partial charge < -0.3 is 0 Å². The van der Waals surface area contributed by atoms with Gasteiger partial charge in [0, 0.05) is 4.91 Å². The lowest BCUT2D eigenvalue weighted by atomic mass is 9.63. The minimum absolute atomic E-state index is 0.215. The van der Waals surface area contributed by atoms with E-state index in [0.717, 1.165) is 4.91 Å². The summed E-state index contributed by atoms with van der Waals surface area (Å²) in [5, 5.41) is 0.394. The second-order valence-electron chi connectivity index (χ2n) is 2.98. The molecule has 2 heteroatoms. The molecule has 0 aliphatic carbocycles. The number of allylic oxidation sites excluding steroid dienone is 3. The lowest BCUT2D eigenvalue weighted by molar-refractivity contribution is 1.19. The Bertz CT molecular complexity index is 260. The first kappa shape index (κ1) is 13.2. The highest BCUT2D eigenvalue weighted by molar-refractivity contribution is 8.05. The van der Waals surface area contributed by atoms with Crippen molar-refractivity contribution in [3.63, 3.8) is 0 Å². The monoisotopic (exact) mass is 203 g/mol. The van der Waals surface area contributed by atoms with Crippen LogP contribution in [0.5, 0.6) is 0 Å². The molecular weight excluding hydrogens is 187 g/mol. The Morgan fingerprint density at radius 1 is 1.50 bits per heavy atom. The van der Waals surface area contributed by atoms with Gasteiger partial charge in [-0.25, -0.2) is 0 Å². The maximum atomic E-state index is 5.30. The molecule has 1 radical (unpaired) electrons. The van der Waals surface area contributed by atoms with Gasteiger partial charge in [0.2, 0.25) is 0 Å². The SMILES string of the molecule is C#CC(C)[B]C(C)S/C(C=C)=C/C=C. The van der Waals surface area contributed by atoms with Crippen LogP contribution in [0.25, 0.3) is 0 Å². The molecule has 0 amide bonds. The van der Waals surface area contributed by atoms with E-state index in [2.05, 4.69) is 33.3 Å². The van der Waals surface area contributed by atoms with Crippen LogP contribution in [-0.2, 0) is 0 Å². The van der Waals surface area contributed by atoms with Gasteiger partial charge in [0.1, 0.15) is 7.28 Å². The molecule has 0 nitrogen and oxygen atoms in total. The third-order valence-electron chi connectivity index (χ3n) is 1.63. The van der Waals surface area contributed by atoms with Gasteiger partial charge in [-0.3, -0.25) is 0 Å². The molecular formula is C12H16BS. The quantitative estimate of drug-likeness (QED) is 0.362. The average molecular weight is 203 g/mol. The molecule has 0 aliphatic rings. The molecule has 0 saturated carbocycles. The summed E-state index contributed by atoms with van der Waals surface area (Å²) in [5.41, 5.74) is 0. The van der Waals surface area contributed by atoms with Crippen molar-refractivity contribution in [1.82, 2.24) is 0 Å². The highest BCUT2D eigenvalue weighted by Gasteiger charge is 2.09. The van der Waals surface area contributed by atoms with E-state index in [0.29, 0.717) is 5.15 Å². The molecule has 0 fully saturated rings. The molecule has 2 unspecified atom stereocenters. The van der Waals surface area contributed by atoms with Crippen molar-refractivity contribution in [2.75, 3.05) is 0 Å². The first-order valence-corrected chi connectivity index (χ1v) is 5.45. The molecule has 0 saturated heterocycles. The van der Waals surface area contributed by atoms with Gasteiger partial charge in [-0.2, -0.15) is 0 Å². The zero-order valence-corrected chi connectivity index (χ0v) is 9.68. The normalized spacial score (nSPS) is 15.1. The maximum absolute atomic E-state index is 5.30.